The maximum absolute atomic E-state index is 5.27. The average Bonchev–Trinajstić information content (AvgIpc) is 3.18. The van der Waals surface area contributed by atoms with Crippen LogP contribution in [0.25, 0.3) is 0 Å². The van der Waals surface area contributed by atoms with Gasteiger partial charge in [0.15, 0.2) is 5.96 Å². The van der Waals surface area contributed by atoms with Crippen molar-refractivity contribution in [3.05, 3.63) is 39.4 Å². The zero-order valence-electron chi connectivity index (χ0n) is 15.7. The second-order valence-electron chi connectivity index (χ2n) is 6.08. The molecule has 2 aromatic rings. The zero-order chi connectivity index (χ0) is 17.5. The Hall–Kier alpha value is -1.09. The number of aromatic nitrogens is 1. The van der Waals surface area contributed by atoms with Crippen molar-refractivity contribution in [2.45, 2.75) is 40.0 Å². The number of halogens is 1. The molecule has 0 aromatic carbocycles. The van der Waals surface area contributed by atoms with Gasteiger partial charge in [-0.2, -0.15) is 0 Å². The Kier molecular flexibility index (Phi) is 9.48. The highest BCUT2D eigenvalue weighted by molar-refractivity contribution is 14.0. The SMILES string of the molecule is CCNC(=NCC(C)c1c(C)noc1C)N(C)CCc1cccs1.I. The van der Waals surface area contributed by atoms with Crippen LogP contribution >= 0.6 is 35.3 Å². The van der Waals surface area contributed by atoms with Gasteiger partial charge in [0.2, 0.25) is 0 Å². The minimum atomic E-state index is 0. The summed E-state index contributed by atoms with van der Waals surface area (Å²) in [6.07, 6.45) is 1.04. The standard InChI is InChI=1S/C18H28N4OS.HI/c1-6-19-18(22(5)10-9-16-8-7-11-24-16)20-12-13(2)17-14(3)21-23-15(17)4;/h7-8,11,13H,6,9-10,12H2,1-5H3,(H,19,20);1H. The lowest BCUT2D eigenvalue weighted by Gasteiger charge is -2.22. The molecule has 0 spiro atoms. The van der Waals surface area contributed by atoms with Crippen molar-refractivity contribution in [3.8, 4) is 0 Å². The number of likely N-dealkylation sites (N-methyl/N-ethyl adjacent to an activating group) is 1. The molecular weight excluding hydrogens is 447 g/mol. The molecule has 7 heteroatoms. The highest BCUT2D eigenvalue weighted by Crippen LogP contribution is 2.23. The molecule has 140 valence electrons. The van der Waals surface area contributed by atoms with Gasteiger partial charge in [-0.05, 0) is 38.6 Å². The first-order valence-electron chi connectivity index (χ1n) is 8.47. The highest BCUT2D eigenvalue weighted by Gasteiger charge is 2.16. The van der Waals surface area contributed by atoms with Gasteiger partial charge in [-0.25, -0.2) is 0 Å². The third kappa shape index (κ3) is 6.29. The molecule has 5 nitrogen and oxygen atoms in total. The van der Waals surface area contributed by atoms with Crippen LogP contribution in [0.3, 0.4) is 0 Å². The number of hydrogen-bond acceptors (Lipinski definition) is 4. The Bertz CT molecular complexity index is 635. The fourth-order valence-corrected chi connectivity index (χ4v) is 3.51. The van der Waals surface area contributed by atoms with E-state index in [9.17, 15) is 0 Å². The Morgan fingerprint density at radius 3 is 2.76 bits per heavy atom. The third-order valence-corrected chi connectivity index (χ3v) is 5.00. The summed E-state index contributed by atoms with van der Waals surface area (Å²) in [5, 5.41) is 9.55. The van der Waals surface area contributed by atoms with Crippen LogP contribution in [0.5, 0.6) is 0 Å². The number of hydrogen-bond donors (Lipinski definition) is 1. The van der Waals surface area contributed by atoms with Gasteiger partial charge >= 0.3 is 0 Å². The van der Waals surface area contributed by atoms with E-state index in [2.05, 4.69) is 53.8 Å². The number of aryl methyl sites for hydroxylation is 2. The topological polar surface area (TPSA) is 53.7 Å². The molecule has 2 aromatic heterocycles. The van der Waals surface area contributed by atoms with E-state index >= 15 is 0 Å². The van der Waals surface area contributed by atoms with Crippen molar-refractivity contribution < 1.29 is 4.52 Å². The van der Waals surface area contributed by atoms with E-state index in [1.54, 1.807) is 11.3 Å². The minimum absolute atomic E-state index is 0. The number of nitrogens with one attached hydrogen (secondary N) is 1. The third-order valence-electron chi connectivity index (χ3n) is 4.07. The molecule has 0 radical (unpaired) electrons. The molecule has 0 bridgehead atoms. The van der Waals surface area contributed by atoms with E-state index in [0.717, 1.165) is 36.9 Å². The van der Waals surface area contributed by atoms with Crippen molar-refractivity contribution in [1.82, 2.24) is 15.4 Å². The molecule has 0 saturated heterocycles. The first-order valence-corrected chi connectivity index (χ1v) is 9.35. The van der Waals surface area contributed by atoms with E-state index in [0.29, 0.717) is 6.54 Å². The van der Waals surface area contributed by atoms with E-state index in [-0.39, 0.29) is 29.9 Å². The van der Waals surface area contributed by atoms with Crippen molar-refractivity contribution in [2.75, 3.05) is 26.7 Å². The van der Waals surface area contributed by atoms with Crippen LogP contribution in [-0.2, 0) is 6.42 Å². The van der Waals surface area contributed by atoms with Crippen molar-refractivity contribution >= 4 is 41.3 Å². The van der Waals surface area contributed by atoms with Crippen molar-refractivity contribution in [3.63, 3.8) is 0 Å². The molecule has 2 rings (SSSR count). The molecule has 0 saturated carbocycles. The second kappa shape index (κ2) is 10.8. The number of aliphatic imine (C=N–C) groups is 1. The number of nitrogens with zero attached hydrogens (tertiary/aromatic N) is 3. The smallest absolute Gasteiger partial charge is 0.193 e. The summed E-state index contributed by atoms with van der Waals surface area (Å²) in [7, 11) is 2.09. The molecular formula is C18H29IN4OS. The Morgan fingerprint density at radius 1 is 1.44 bits per heavy atom. The molecule has 1 unspecified atom stereocenters. The van der Waals surface area contributed by atoms with Crippen LogP contribution in [0.2, 0.25) is 0 Å². The molecule has 1 atom stereocenters. The fraction of sp³-hybridized carbons (Fsp3) is 0.556. The van der Waals surface area contributed by atoms with Crippen LogP contribution < -0.4 is 5.32 Å². The molecule has 0 fully saturated rings. The Morgan fingerprint density at radius 2 is 2.20 bits per heavy atom. The number of thiophene rings is 1. The van der Waals surface area contributed by atoms with Gasteiger partial charge in [-0.1, -0.05) is 18.1 Å². The van der Waals surface area contributed by atoms with Crippen LogP contribution in [0, 0.1) is 13.8 Å². The van der Waals surface area contributed by atoms with Gasteiger partial charge in [0.05, 0.1) is 5.69 Å². The van der Waals surface area contributed by atoms with Gasteiger partial charge in [0.25, 0.3) is 0 Å². The maximum atomic E-state index is 5.27. The zero-order valence-corrected chi connectivity index (χ0v) is 18.9. The summed E-state index contributed by atoms with van der Waals surface area (Å²) < 4.78 is 5.27. The first-order chi connectivity index (χ1) is 11.5. The van der Waals surface area contributed by atoms with Gasteiger partial charge in [-0.3, -0.25) is 4.99 Å². The number of guanidine groups is 1. The molecule has 0 aliphatic carbocycles. The predicted octanol–water partition coefficient (Wildman–Crippen LogP) is 4.21. The lowest BCUT2D eigenvalue weighted by atomic mass is 10.00. The van der Waals surface area contributed by atoms with Crippen molar-refractivity contribution in [1.29, 1.82) is 0 Å². The Balaban J connectivity index is 0.00000312. The summed E-state index contributed by atoms with van der Waals surface area (Å²) in [6.45, 7) is 10.8. The summed E-state index contributed by atoms with van der Waals surface area (Å²) in [4.78, 5) is 8.42. The van der Waals surface area contributed by atoms with E-state index in [1.165, 1.54) is 10.4 Å². The van der Waals surface area contributed by atoms with Crippen LogP contribution in [0.15, 0.2) is 27.0 Å². The fourth-order valence-electron chi connectivity index (χ4n) is 2.82. The van der Waals surface area contributed by atoms with Crippen LogP contribution in [0.1, 0.15) is 41.7 Å². The van der Waals surface area contributed by atoms with Crippen LogP contribution in [-0.4, -0.2) is 42.7 Å². The van der Waals surface area contributed by atoms with Crippen molar-refractivity contribution in [2.24, 2.45) is 4.99 Å². The van der Waals surface area contributed by atoms with Gasteiger partial charge in [0.1, 0.15) is 5.76 Å². The highest BCUT2D eigenvalue weighted by atomic mass is 127. The number of rotatable bonds is 7. The lowest BCUT2D eigenvalue weighted by Crippen LogP contribution is -2.40. The average molecular weight is 476 g/mol. The summed E-state index contributed by atoms with van der Waals surface area (Å²) in [6, 6.07) is 4.28. The van der Waals surface area contributed by atoms with Gasteiger partial charge in [-0.15, -0.1) is 35.3 Å². The van der Waals surface area contributed by atoms with Gasteiger partial charge in [0, 0.05) is 43.0 Å². The summed E-state index contributed by atoms with van der Waals surface area (Å²) in [5.74, 6) is 2.13. The summed E-state index contributed by atoms with van der Waals surface area (Å²) in [5.41, 5.74) is 2.14. The minimum Gasteiger partial charge on any atom is -0.361 e. The molecule has 1 N–H and O–H groups in total. The molecule has 0 aliphatic rings. The van der Waals surface area contributed by atoms with Crippen LogP contribution in [0.4, 0.5) is 0 Å². The maximum Gasteiger partial charge on any atom is 0.193 e. The summed E-state index contributed by atoms with van der Waals surface area (Å²) >= 11 is 1.81. The predicted molar refractivity (Wildman–Crippen MR) is 116 cm³/mol. The first kappa shape index (κ1) is 22.0. The Labute approximate surface area is 171 Å². The lowest BCUT2D eigenvalue weighted by molar-refractivity contribution is 0.391. The molecule has 0 amide bonds. The molecule has 25 heavy (non-hydrogen) atoms. The van der Waals surface area contributed by atoms with E-state index in [4.69, 9.17) is 9.52 Å². The normalized spacial score (nSPS) is 12.6. The van der Waals surface area contributed by atoms with Gasteiger partial charge < -0.3 is 14.7 Å². The largest absolute Gasteiger partial charge is 0.361 e. The quantitative estimate of drug-likeness (QED) is 0.370. The second-order valence-corrected chi connectivity index (χ2v) is 7.12. The molecule has 0 aliphatic heterocycles. The molecule has 2 heterocycles. The van der Waals surface area contributed by atoms with E-state index < -0.39 is 0 Å². The van der Waals surface area contributed by atoms with E-state index in [1.807, 2.05) is 13.8 Å². The monoisotopic (exact) mass is 476 g/mol.